The van der Waals surface area contributed by atoms with Crippen molar-refractivity contribution in [1.29, 1.82) is 0 Å². The second kappa shape index (κ2) is 8.61. The van der Waals surface area contributed by atoms with Crippen LogP contribution in [0.1, 0.15) is 28.9 Å². The molecule has 29 heavy (non-hydrogen) atoms. The number of carbonyl (C=O) groups excluding carboxylic acids is 1. The normalized spacial score (nSPS) is 13.4. The average molecular weight is 452 g/mol. The number of benzene rings is 2. The summed E-state index contributed by atoms with van der Waals surface area (Å²) >= 11 is 3.41. The summed E-state index contributed by atoms with van der Waals surface area (Å²) in [7, 11) is 0. The van der Waals surface area contributed by atoms with Crippen LogP contribution >= 0.6 is 15.9 Å². The van der Waals surface area contributed by atoms with Crippen molar-refractivity contribution in [2.24, 2.45) is 0 Å². The molecule has 0 bridgehead atoms. The molecule has 0 atom stereocenters. The van der Waals surface area contributed by atoms with E-state index in [1.165, 1.54) is 12.8 Å². The van der Waals surface area contributed by atoms with E-state index in [-0.39, 0.29) is 5.91 Å². The number of hydrogen-bond acceptors (Lipinski definition) is 5. The minimum atomic E-state index is -0.153. The van der Waals surface area contributed by atoms with Gasteiger partial charge in [0.15, 0.2) is 0 Å². The molecular weight excluding hydrogens is 430 g/mol. The lowest BCUT2D eigenvalue weighted by Gasteiger charge is -2.17. The van der Waals surface area contributed by atoms with Crippen LogP contribution in [0.15, 0.2) is 59.1 Å². The van der Waals surface area contributed by atoms with Crippen LogP contribution in [0.2, 0.25) is 0 Å². The van der Waals surface area contributed by atoms with Crippen molar-refractivity contribution in [2.75, 3.05) is 28.6 Å². The first-order valence-corrected chi connectivity index (χ1v) is 10.4. The average Bonchev–Trinajstić information content (AvgIpc) is 3.24. The van der Waals surface area contributed by atoms with Gasteiger partial charge in [-0.25, -0.2) is 4.98 Å². The molecule has 7 heteroatoms. The maximum absolute atomic E-state index is 12.4. The smallest absolute Gasteiger partial charge is 0.256 e. The molecule has 4 rings (SSSR count). The van der Waals surface area contributed by atoms with Crippen molar-refractivity contribution in [3.63, 3.8) is 0 Å². The van der Waals surface area contributed by atoms with Gasteiger partial charge in [-0.2, -0.15) is 4.98 Å². The van der Waals surface area contributed by atoms with Gasteiger partial charge in [-0.3, -0.25) is 4.79 Å². The highest BCUT2D eigenvalue weighted by atomic mass is 79.9. The summed E-state index contributed by atoms with van der Waals surface area (Å²) in [5.74, 6) is 1.39. The fourth-order valence-corrected chi connectivity index (χ4v) is 3.77. The van der Waals surface area contributed by atoms with Gasteiger partial charge in [-0.15, -0.1) is 0 Å². The van der Waals surface area contributed by atoms with Crippen LogP contribution < -0.4 is 15.5 Å². The number of carbonyl (C=O) groups is 1. The third kappa shape index (κ3) is 4.74. The Labute approximate surface area is 178 Å². The summed E-state index contributed by atoms with van der Waals surface area (Å²) < 4.78 is 0.767. The van der Waals surface area contributed by atoms with Crippen LogP contribution in [-0.4, -0.2) is 29.0 Å². The first-order chi connectivity index (χ1) is 14.1. The molecule has 2 N–H and O–H groups in total. The Morgan fingerprint density at radius 1 is 1.00 bits per heavy atom. The number of halogens is 1. The van der Waals surface area contributed by atoms with Gasteiger partial charge < -0.3 is 15.5 Å². The third-order valence-corrected chi connectivity index (χ3v) is 5.46. The van der Waals surface area contributed by atoms with Gasteiger partial charge in [0.1, 0.15) is 5.82 Å². The first-order valence-electron chi connectivity index (χ1n) is 9.62. The Hall–Kier alpha value is -2.93. The van der Waals surface area contributed by atoms with Crippen molar-refractivity contribution in [1.82, 2.24) is 9.97 Å². The van der Waals surface area contributed by atoms with Crippen molar-refractivity contribution in [3.05, 3.63) is 70.3 Å². The first kappa shape index (κ1) is 19.4. The number of aromatic nitrogens is 2. The molecule has 1 aromatic heterocycles. The second-order valence-corrected chi connectivity index (χ2v) is 7.88. The molecule has 2 aromatic carbocycles. The van der Waals surface area contributed by atoms with Crippen LogP contribution in [0.3, 0.4) is 0 Å². The minimum absolute atomic E-state index is 0.153. The van der Waals surface area contributed by atoms with E-state index in [0.717, 1.165) is 46.4 Å². The summed E-state index contributed by atoms with van der Waals surface area (Å²) in [6.07, 6.45) is 2.37. The van der Waals surface area contributed by atoms with Gasteiger partial charge in [-0.1, -0.05) is 12.1 Å². The number of amides is 1. The topological polar surface area (TPSA) is 70.2 Å². The fourth-order valence-electron chi connectivity index (χ4n) is 3.30. The zero-order valence-corrected chi connectivity index (χ0v) is 17.7. The van der Waals surface area contributed by atoms with Crippen LogP contribution in [0, 0.1) is 6.92 Å². The maximum Gasteiger partial charge on any atom is 0.256 e. The standard InChI is InChI=1S/C22H22BrN5O/c1-15-14-20(27-22(24-15)28-12-4-5-13-28)25-16-8-10-17(11-9-16)26-21(29)18-6-2-3-7-19(18)23/h2-3,6-11,14H,4-5,12-13H2,1H3,(H,26,29)(H,24,25,27). The summed E-state index contributed by atoms with van der Waals surface area (Å²) in [5, 5.41) is 6.25. The highest BCUT2D eigenvalue weighted by Gasteiger charge is 2.16. The highest BCUT2D eigenvalue weighted by Crippen LogP contribution is 2.23. The number of hydrogen-bond donors (Lipinski definition) is 2. The van der Waals surface area contributed by atoms with Crippen LogP contribution in [0.4, 0.5) is 23.1 Å². The molecule has 1 amide bonds. The third-order valence-electron chi connectivity index (χ3n) is 4.76. The molecule has 1 saturated heterocycles. The Balaban J connectivity index is 1.45. The predicted molar refractivity (Wildman–Crippen MR) is 120 cm³/mol. The van der Waals surface area contributed by atoms with E-state index in [1.54, 1.807) is 6.07 Å². The summed E-state index contributed by atoms with van der Waals surface area (Å²) in [6, 6.07) is 16.9. The molecule has 2 heterocycles. The van der Waals surface area contributed by atoms with Gasteiger partial charge in [0, 0.05) is 40.7 Å². The Bertz CT molecular complexity index is 1020. The Kier molecular flexibility index (Phi) is 5.76. The lowest BCUT2D eigenvalue weighted by molar-refractivity contribution is 0.102. The number of aryl methyl sites for hydroxylation is 1. The van der Waals surface area contributed by atoms with E-state index in [1.807, 2.05) is 55.5 Å². The molecule has 0 radical (unpaired) electrons. The largest absolute Gasteiger partial charge is 0.341 e. The van der Waals surface area contributed by atoms with Gasteiger partial charge in [-0.05, 0) is 72.1 Å². The molecule has 148 valence electrons. The van der Waals surface area contributed by atoms with Gasteiger partial charge in [0.05, 0.1) is 5.56 Å². The van der Waals surface area contributed by atoms with Crippen molar-refractivity contribution >= 4 is 45.0 Å². The maximum atomic E-state index is 12.4. The van der Waals surface area contributed by atoms with E-state index in [4.69, 9.17) is 0 Å². The monoisotopic (exact) mass is 451 g/mol. The lowest BCUT2D eigenvalue weighted by atomic mass is 10.2. The number of nitrogens with one attached hydrogen (secondary N) is 2. The van der Waals surface area contributed by atoms with Crippen molar-refractivity contribution < 1.29 is 4.79 Å². The van der Waals surface area contributed by atoms with Gasteiger partial charge in [0.25, 0.3) is 5.91 Å². The predicted octanol–water partition coefficient (Wildman–Crippen LogP) is 5.14. The molecule has 1 aliphatic rings. The summed E-state index contributed by atoms with van der Waals surface area (Å²) in [6.45, 7) is 4.00. The second-order valence-electron chi connectivity index (χ2n) is 7.03. The molecule has 0 spiro atoms. The van der Waals surface area contributed by atoms with E-state index >= 15 is 0 Å². The van der Waals surface area contributed by atoms with Crippen molar-refractivity contribution in [2.45, 2.75) is 19.8 Å². The molecule has 0 saturated carbocycles. The van der Waals surface area contributed by atoms with Gasteiger partial charge >= 0.3 is 0 Å². The van der Waals surface area contributed by atoms with E-state index < -0.39 is 0 Å². The number of anilines is 4. The van der Waals surface area contributed by atoms with E-state index in [0.29, 0.717) is 5.56 Å². The molecular formula is C22H22BrN5O. The molecule has 0 unspecified atom stereocenters. The van der Waals surface area contributed by atoms with E-state index in [9.17, 15) is 4.79 Å². The van der Waals surface area contributed by atoms with Gasteiger partial charge in [0.2, 0.25) is 5.95 Å². The van der Waals surface area contributed by atoms with E-state index in [2.05, 4.69) is 41.4 Å². The molecule has 1 aliphatic heterocycles. The highest BCUT2D eigenvalue weighted by molar-refractivity contribution is 9.10. The molecule has 3 aromatic rings. The number of rotatable bonds is 5. The van der Waals surface area contributed by atoms with Crippen LogP contribution in [-0.2, 0) is 0 Å². The van der Waals surface area contributed by atoms with Crippen LogP contribution in [0.5, 0.6) is 0 Å². The molecule has 0 aliphatic carbocycles. The zero-order valence-electron chi connectivity index (χ0n) is 16.2. The molecule has 1 fully saturated rings. The summed E-state index contributed by atoms with van der Waals surface area (Å²) in [5.41, 5.74) is 3.16. The minimum Gasteiger partial charge on any atom is -0.341 e. The number of nitrogens with zero attached hydrogens (tertiary/aromatic N) is 3. The fraction of sp³-hybridized carbons (Fsp3) is 0.227. The zero-order chi connectivity index (χ0) is 20.2. The SMILES string of the molecule is Cc1cc(Nc2ccc(NC(=O)c3ccccc3Br)cc2)nc(N2CCCC2)n1. The molecule has 6 nitrogen and oxygen atoms in total. The quantitative estimate of drug-likeness (QED) is 0.561. The van der Waals surface area contributed by atoms with Crippen LogP contribution in [0.25, 0.3) is 0 Å². The summed E-state index contributed by atoms with van der Waals surface area (Å²) in [4.78, 5) is 23.9. The van der Waals surface area contributed by atoms with Crippen molar-refractivity contribution in [3.8, 4) is 0 Å². The Morgan fingerprint density at radius 3 is 2.41 bits per heavy atom. The lowest BCUT2D eigenvalue weighted by Crippen LogP contribution is -2.21. The Morgan fingerprint density at radius 2 is 1.69 bits per heavy atom.